The van der Waals surface area contributed by atoms with Crippen LogP contribution in [0.2, 0.25) is 10.0 Å². The standard InChI is InChI=1S/C11H8Cl2/c1-7-2-5-11(13)10-6-8(12)3-4-9(7)10/h2-6H,1H3. The average Bonchev–Trinajstić information content (AvgIpc) is 2.12. The van der Waals surface area contributed by atoms with Crippen molar-refractivity contribution in [3.8, 4) is 0 Å². The van der Waals surface area contributed by atoms with E-state index in [1.807, 2.05) is 30.3 Å². The first-order valence-corrected chi connectivity index (χ1v) is 4.78. The highest BCUT2D eigenvalue weighted by molar-refractivity contribution is 6.37. The molecule has 0 saturated heterocycles. The molecule has 0 atom stereocenters. The molecule has 2 heteroatoms. The Morgan fingerprint density at radius 3 is 2.46 bits per heavy atom. The molecule has 0 fully saturated rings. The van der Waals surface area contributed by atoms with Gasteiger partial charge in [-0.05, 0) is 36.1 Å². The van der Waals surface area contributed by atoms with Crippen LogP contribution >= 0.6 is 23.2 Å². The van der Waals surface area contributed by atoms with E-state index in [1.165, 1.54) is 5.56 Å². The fourth-order valence-electron chi connectivity index (χ4n) is 1.44. The maximum Gasteiger partial charge on any atom is 0.0485 e. The summed E-state index contributed by atoms with van der Waals surface area (Å²) in [4.78, 5) is 0. The molecule has 0 heterocycles. The first-order valence-electron chi connectivity index (χ1n) is 4.03. The Hall–Kier alpha value is -0.720. The molecule has 0 spiro atoms. The smallest absolute Gasteiger partial charge is 0.0485 e. The van der Waals surface area contributed by atoms with E-state index in [9.17, 15) is 0 Å². The minimum absolute atomic E-state index is 0.722. The number of benzene rings is 2. The number of fused-ring (bicyclic) bond motifs is 1. The molecule has 66 valence electrons. The van der Waals surface area contributed by atoms with Crippen molar-refractivity contribution in [2.75, 3.05) is 0 Å². The zero-order valence-corrected chi connectivity index (χ0v) is 8.65. The van der Waals surface area contributed by atoms with Crippen molar-refractivity contribution in [3.63, 3.8) is 0 Å². The summed E-state index contributed by atoms with van der Waals surface area (Å²) in [6.45, 7) is 2.06. The summed E-state index contributed by atoms with van der Waals surface area (Å²) in [7, 11) is 0. The molecule has 2 aromatic carbocycles. The maximum atomic E-state index is 6.04. The minimum atomic E-state index is 0.722. The van der Waals surface area contributed by atoms with Gasteiger partial charge < -0.3 is 0 Å². The first-order chi connectivity index (χ1) is 6.18. The van der Waals surface area contributed by atoms with Crippen LogP contribution in [0.4, 0.5) is 0 Å². The van der Waals surface area contributed by atoms with Crippen molar-refractivity contribution in [1.82, 2.24) is 0 Å². The van der Waals surface area contributed by atoms with Gasteiger partial charge in [0.25, 0.3) is 0 Å². The third-order valence-electron chi connectivity index (χ3n) is 2.14. The Labute approximate surface area is 87.1 Å². The van der Waals surface area contributed by atoms with Gasteiger partial charge in [0.1, 0.15) is 0 Å². The van der Waals surface area contributed by atoms with Gasteiger partial charge in [-0.2, -0.15) is 0 Å². The minimum Gasteiger partial charge on any atom is -0.0843 e. The van der Waals surface area contributed by atoms with Crippen LogP contribution in [0, 0.1) is 6.92 Å². The molecule has 13 heavy (non-hydrogen) atoms. The Morgan fingerprint density at radius 2 is 1.69 bits per heavy atom. The Bertz CT molecular complexity index is 461. The lowest BCUT2D eigenvalue weighted by Gasteiger charge is -2.03. The molecule has 0 aliphatic heterocycles. The average molecular weight is 211 g/mol. The fraction of sp³-hybridized carbons (Fsp3) is 0.0909. The van der Waals surface area contributed by atoms with Gasteiger partial charge in [-0.25, -0.2) is 0 Å². The van der Waals surface area contributed by atoms with Gasteiger partial charge in [0.15, 0.2) is 0 Å². The van der Waals surface area contributed by atoms with Gasteiger partial charge in [0.05, 0.1) is 0 Å². The van der Waals surface area contributed by atoms with E-state index in [0.29, 0.717) is 0 Å². The molecule has 0 saturated carbocycles. The first kappa shape index (κ1) is 8.86. The molecule has 0 unspecified atom stereocenters. The molecule has 0 nitrogen and oxygen atoms in total. The maximum absolute atomic E-state index is 6.04. The van der Waals surface area contributed by atoms with Crippen molar-refractivity contribution in [3.05, 3.63) is 45.9 Å². The van der Waals surface area contributed by atoms with Gasteiger partial charge in [0, 0.05) is 15.4 Å². The largest absolute Gasteiger partial charge is 0.0843 e. The van der Waals surface area contributed by atoms with E-state index in [-0.39, 0.29) is 0 Å². The van der Waals surface area contributed by atoms with Crippen LogP contribution < -0.4 is 0 Å². The van der Waals surface area contributed by atoms with Crippen LogP contribution in [0.25, 0.3) is 10.8 Å². The predicted molar refractivity (Wildman–Crippen MR) is 58.7 cm³/mol. The molecule has 0 aromatic heterocycles. The van der Waals surface area contributed by atoms with Crippen LogP contribution in [0.15, 0.2) is 30.3 Å². The molecular formula is C11H8Cl2. The third kappa shape index (κ3) is 1.52. The number of halogens is 2. The van der Waals surface area contributed by atoms with Crippen LogP contribution in [0.3, 0.4) is 0 Å². The van der Waals surface area contributed by atoms with E-state index < -0.39 is 0 Å². The number of hydrogen-bond acceptors (Lipinski definition) is 0. The highest BCUT2D eigenvalue weighted by Gasteiger charge is 2.01. The van der Waals surface area contributed by atoms with Crippen molar-refractivity contribution >= 4 is 34.0 Å². The zero-order valence-electron chi connectivity index (χ0n) is 7.14. The molecule has 0 radical (unpaired) electrons. The van der Waals surface area contributed by atoms with E-state index in [4.69, 9.17) is 23.2 Å². The van der Waals surface area contributed by atoms with E-state index in [0.717, 1.165) is 20.8 Å². The van der Waals surface area contributed by atoms with Crippen LogP contribution in [0.1, 0.15) is 5.56 Å². The van der Waals surface area contributed by atoms with Crippen molar-refractivity contribution in [2.24, 2.45) is 0 Å². The Balaban J connectivity index is 2.92. The molecule has 0 amide bonds. The lowest BCUT2D eigenvalue weighted by molar-refractivity contribution is 1.53. The van der Waals surface area contributed by atoms with E-state index in [2.05, 4.69) is 6.92 Å². The molecule has 0 aliphatic carbocycles. The second kappa shape index (κ2) is 3.21. The highest BCUT2D eigenvalue weighted by Crippen LogP contribution is 2.28. The molecular weight excluding hydrogens is 203 g/mol. The SMILES string of the molecule is Cc1ccc(Cl)c2cc(Cl)ccc12. The quantitative estimate of drug-likeness (QED) is 0.603. The van der Waals surface area contributed by atoms with Gasteiger partial charge in [-0.3, -0.25) is 0 Å². The van der Waals surface area contributed by atoms with Crippen LogP contribution in [0.5, 0.6) is 0 Å². The molecule has 0 bridgehead atoms. The topological polar surface area (TPSA) is 0 Å². The van der Waals surface area contributed by atoms with Crippen molar-refractivity contribution in [1.29, 1.82) is 0 Å². The zero-order chi connectivity index (χ0) is 9.42. The monoisotopic (exact) mass is 210 g/mol. The Kier molecular flexibility index (Phi) is 2.19. The van der Waals surface area contributed by atoms with Crippen LogP contribution in [-0.4, -0.2) is 0 Å². The van der Waals surface area contributed by atoms with Gasteiger partial charge in [-0.1, -0.05) is 35.3 Å². The second-order valence-electron chi connectivity index (χ2n) is 3.05. The predicted octanol–water partition coefficient (Wildman–Crippen LogP) is 4.46. The summed E-state index contributed by atoms with van der Waals surface area (Å²) in [6, 6.07) is 9.69. The summed E-state index contributed by atoms with van der Waals surface area (Å²) in [6.07, 6.45) is 0. The highest BCUT2D eigenvalue weighted by atomic mass is 35.5. The van der Waals surface area contributed by atoms with Crippen LogP contribution in [-0.2, 0) is 0 Å². The number of aryl methyl sites for hydroxylation is 1. The summed E-state index contributed by atoms with van der Waals surface area (Å²) < 4.78 is 0. The van der Waals surface area contributed by atoms with Crippen molar-refractivity contribution < 1.29 is 0 Å². The summed E-state index contributed by atoms with van der Waals surface area (Å²) in [5.41, 5.74) is 1.22. The van der Waals surface area contributed by atoms with E-state index in [1.54, 1.807) is 0 Å². The molecule has 2 rings (SSSR count). The summed E-state index contributed by atoms with van der Waals surface area (Å²) in [5, 5.41) is 3.66. The molecule has 0 aliphatic rings. The fourth-order valence-corrected chi connectivity index (χ4v) is 1.83. The summed E-state index contributed by atoms with van der Waals surface area (Å²) in [5.74, 6) is 0. The molecule has 2 aromatic rings. The second-order valence-corrected chi connectivity index (χ2v) is 3.90. The number of hydrogen-bond donors (Lipinski definition) is 0. The van der Waals surface area contributed by atoms with Crippen molar-refractivity contribution in [2.45, 2.75) is 6.92 Å². The lowest BCUT2D eigenvalue weighted by atomic mass is 10.1. The molecule has 0 N–H and O–H groups in total. The lowest BCUT2D eigenvalue weighted by Crippen LogP contribution is -1.79. The van der Waals surface area contributed by atoms with Gasteiger partial charge >= 0.3 is 0 Å². The Morgan fingerprint density at radius 1 is 0.923 bits per heavy atom. The normalized spacial score (nSPS) is 10.7. The number of rotatable bonds is 0. The van der Waals surface area contributed by atoms with Gasteiger partial charge in [0.2, 0.25) is 0 Å². The van der Waals surface area contributed by atoms with Gasteiger partial charge in [-0.15, -0.1) is 0 Å². The third-order valence-corrected chi connectivity index (χ3v) is 2.71. The van der Waals surface area contributed by atoms with E-state index >= 15 is 0 Å². The summed E-state index contributed by atoms with van der Waals surface area (Å²) >= 11 is 11.9.